The summed E-state index contributed by atoms with van der Waals surface area (Å²) in [7, 11) is 1.55. The predicted molar refractivity (Wildman–Crippen MR) is 117 cm³/mol. The Kier molecular flexibility index (Phi) is 6.25. The summed E-state index contributed by atoms with van der Waals surface area (Å²) in [5.74, 6) is 0.510. The van der Waals surface area contributed by atoms with Crippen LogP contribution in [0.3, 0.4) is 0 Å². The topological polar surface area (TPSA) is 61.9 Å². The molecule has 30 heavy (non-hydrogen) atoms. The Bertz CT molecular complexity index is 943. The first kappa shape index (κ1) is 20.7. The van der Waals surface area contributed by atoms with E-state index >= 15 is 0 Å². The second-order valence-corrected chi connectivity index (χ2v) is 8.23. The molecule has 2 aromatic rings. The van der Waals surface area contributed by atoms with Crippen molar-refractivity contribution in [3.63, 3.8) is 0 Å². The van der Waals surface area contributed by atoms with E-state index in [-0.39, 0.29) is 24.4 Å². The van der Waals surface area contributed by atoms with Gasteiger partial charge in [-0.2, -0.15) is 0 Å². The van der Waals surface area contributed by atoms with Gasteiger partial charge >= 0.3 is 0 Å². The number of nitrogens with one attached hydrogen (secondary N) is 1. The number of carbonyl (C=O) groups is 2. The minimum atomic E-state index is -0.316. The maximum Gasteiger partial charge on any atom is 0.240 e. The molecule has 1 saturated heterocycles. The molecule has 2 heterocycles. The summed E-state index contributed by atoms with van der Waals surface area (Å²) in [6.45, 7) is 2.34. The normalized spacial score (nSPS) is 18.7. The van der Waals surface area contributed by atoms with Crippen LogP contribution in [0.1, 0.15) is 24.0 Å². The Hall–Kier alpha value is -2.57. The van der Waals surface area contributed by atoms with E-state index in [9.17, 15) is 9.59 Å². The molecule has 0 unspecified atom stereocenters. The highest BCUT2D eigenvalue weighted by molar-refractivity contribution is 6.32. The monoisotopic (exact) mass is 427 g/mol. The minimum Gasteiger partial charge on any atom is -0.495 e. The van der Waals surface area contributed by atoms with E-state index < -0.39 is 0 Å². The Morgan fingerprint density at radius 3 is 2.57 bits per heavy atom. The summed E-state index contributed by atoms with van der Waals surface area (Å²) in [5, 5.41) is 3.32. The SMILES string of the molecule is COc1ccc(NC(=O)CN2Cc3ccccc3C[C@@H]2C(=O)N2CCCC2)cc1Cl. The second-order valence-electron chi connectivity index (χ2n) is 7.82. The van der Waals surface area contributed by atoms with Crippen LogP contribution in [-0.4, -0.2) is 54.4 Å². The Balaban J connectivity index is 1.50. The third-order valence-corrected chi connectivity index (χ3v) is 6.13. The van der Waals surface area contributed by atoms with E-state index in [2.05, 4.69) is 17.4 Å². The van der Waals surface area contributed by atoms with Crippen LogP contribution in [0.25, 0.3) is 0 Å². The Morgan fingerprint density at radius 2 is 1.87 bits per heavy atom. The van der Waals surface area contributed by atoms with Crippen LogP contribution >= 0.6 is 11.6 Å². The van der Waals surface area contributed by atoms with Gasteiger partial charge in [0, 0.05) is 25.3 Å². The number of rotatable bonds is 5. The number of benzene rings is 2. The number of amides is 2. The number of hydrogen-bond acceptors (Lipinski definition) is 4. The van der Waals surface area contributed by atoms with Crippen LogP contribution < -0.4 is 10.1 Å². The average Bonchev–Trinajstić information content (AvgIpc) is 3.28. The molecule has 1 fully saturated rings. The van der Waals surface area contributed by atoms with Crippen LogP contribution in [0.15, 0.2) is 42.5 Å². The summed E-state index contributed by atoms with van der Waals surface area (Å²) in [4.78, 5) is 29.9. The molecule has 158 valence electrons. The maximum atomic E-state index is 13.2. The molecule has 0 aromatic heterocycles. The van der Waals surface area contributed by atoms with Gasteiger partial charge in [0.1, 0.15) is 5.75 Å². The number of halogens is 1. The molecule has 2 aliphatic rings. The number of ether oxygens (including phenoxy) is 1. The van der Waals surface area contributed by atoms with Crippen molar-refractivity contribution in [2.24, 2.45) is 0 Å². The first-order valence-electron chi connectivity index (χ1n) is 10.3. The fraction of sp³-hybridized carbons (Fsp3) is 0.391. The molecular formula is C23H26ClN3O3. The lowest BCUT2D eigenvalue weighted by molar-refractivity contribution is -0.137. The number of fused-ring (bicyclic) bond motifs is 1. The summed E-state index contributed by atoms with van der Waals surface area (Å²) in [6, 6.07) is 13.0. The van der Waals surface area contributed by atoms with E-state index in [1.807, 2.05) is 21.9 Å². The highest BCUT2D eigenvalue weighted by atomic mass is 35.5. The van der Waals surface area contributed by atoms with Crippen LogP contribution in [0, 0.1) is 0 Å². The molecule has 0 aliphatic carbocycles. The zero-order chi connectivity index (χ0) is 21.1. The van der Waals surface area contributed by atoms with Crippen molar-refractivity contribution < 1.29 is 14.3 Å². The number of hydrogen-bond donors (Lipinski definition) is 1. The molecule has 0 saturated carbocycles. The van der Waals surface area contributed by atoms with Crippen molar-refractivity contribution in [1.82, 2.24) is 9.80 Å². The molecule has 0 spiro atoms. The molecule has 2 aliphatic heterocycles. The number of anilines is 1. The average molecular weight is 428 g/mol. The zero-order valence-electron chi connectivity index (χ0n) is 17.1. The fourth-order valence-corrected chi connectivity index (χ4v) is 4.52. The zero-order valence-corrected chi connectivity index (χ0v) is 17.8. The lowest BCUT2D eigenvalue weighted by Gasteiger charge is -2.37. The molecule has 4 rings (SSSR count). The largest absolute Gasteiger partial charge is 0.495 e. The van der Waals surface area contributed by atoms with Gasteiger partial charge in [0.15, 0.2) is 0 Å². The lowest BCUT2D eigenvalue weighted by atomic mass is 9.93. The smallest absolute Gasteiger partial charge is 0.240 e. The molecule has 6 nitrogen and oxygen atoms in total. The van der Waals surface area contributed by atoms with Gasteiger partial charge in [0.2, 0.25) is 11.8 Å². The summed E-state index contributed by atoms with van der Waals surface area (Å²) < 4.78 is 5.15. The minimum absolute atomic E-state index is 0.127. The van der Waals surface area contributed by atoms with Crippen LogP contribution in [0.2, 0.25) is 5.02 Å². The number of nitrogens with zero attached hydrogens (tertiary/aromatic N) is 2. The first-order chi connectivity index (χ1) is 14.5. The number of carbonyl (C=O) groups excluding carboxylic acids is 2. The van der Waals surface area contributed by atoms with Crippen molar-refractivity contribution in [2.45, 2.75) is 31.8 Å². The van der Waals surface area contributed by atoms with Gasteiger partial charge in [0.25, 0.3) is 0 Å². The van der Waals surface area contributed by atoms with Crippen LogP contribution in [-0.2, 0) is 22.6 Å². The summed E-state index contributed by atoms with van der Waals surface area (Å²) >= 11 is 6.16. The third kappa shape index (κ3) is 4.45. The Labute approximate surface area is 181 Å². The van der Waals surface area contributed by atoms with Crippen LogP contribution in [0.5, 0.6) is 5.75 Å². The van der Waals surface area contributed by atoms with E-state index in [0.29, 0.717) is 29.4 Å². The van der Waals surface area contributed by atoms with Crippen molar-refractivity contribution in [2.75, 3.05) is 32.1 Å². The molecule has 0 bridgehead atoms. The lowest BCUT2D eigenvalue weighted by Crippen LogP contribution is -2.52. The number of likely N-dealkylation sites (tertiary alicyclic amines) is 1. The van der Waals surface area contributed by atoms with Crippen molar-refractivity contribution >= 4 is 29.1 Å². The maximum absolute atomic E-state index is 13.2. The van der Waals surface area contributed by atoms with Gasteiger partial charge in [0.05, 0.1) is 24.7 Å². The second kappa shape index (κ2) is 9.06. The third-order valence-electron chi connectivity index (χ3n) is 5.83. The van der Waals surface area contributed by atoms with E-state index in [4.69, 9.17) is 16.3 Å². The van der Waals surface area contributed by atoms with Crippen molar-refractivity contribution in [1.29, 1.82) is 0 Å². The van der Waals surface area contributed by atoms with Gasteiger partial charge in [-0.05, 0) is 48.6 Å². The van der Waals surface area contributed by atoms with E-state index in [1.54, 1.807) is 25.3 Å². The number of methoxy groups -OCH3 is 1. The first-order valence-corrected chi connectivity index (χ1v) is 10.7. The molecular weight excluding hydrogens is 402 g/mol. The standard InChI is InChI=1S/C23H26ClN3O3/c1-30-21-9-8-18(13-19(21)24)25-22(28)15-27-14-17-7-3-2-6-16(17)12-20(27)23(29)26-10-4-5-11-26/h2-3,6-9,13,20H,4-5,10-12,14-15H2,1H3,(H,25,28)/t20-/m1/s1. The highest BCUT2D eigenvalue weighted by Gasteiger charge is 2.35. The molecule has 1 atom stereocenters. The Morgan fingerprint density at radius 1 is 1.13 bits per heavy atom. The van der Waals surface area contributed by atoms with Gasteiger partial charge < -0.3 is 15.0 Å². The molecule has 2 amide bonds. The van der Waals surface area contributed by atoms with Crippen LogP contribution in [0.4, 0.5) is 5.69 Å². The van der Waals surface area contributed by atoms with Crippen molar-refractivity contribution in [3.8, 4) is 5.75 Å². The molecule has 2 aromatic carbocycles. The van der Waals surface area contributed by atoms with Gasteiger partial charge in [-0.15, -0.1) is 0 Å². The molecule has 1 N–H and O–H groups in total. The van der Waals surface area contributed by atoms with E-state index in [0.717, 1.165) is 25.9 Å². The van der Waals surface area contributed by atoms with Crippen molar-refractivity contribution in [3.05, 3.63) is 58.6 Å². The summed E-state index contributed by atoms with van der Waals surface area (Å²) in [5.41, 5.74) is 2.96. The molecule has 7 heteroatoms. The predicted octanol–water partition coefficient (Wildman–Crippen LogP) is 3.34. The van der Waals surface area contributed by atoms with Gasteiger partial charge in [-0.25, -0.2) is 0 Å². The molecule has 0 radical (unpaired) electrons. The quantitative estimate of drug-likeness (QED) is 0.795. The fourth-order valence-electron chi connectivity index (χ4n) is 4.26. The van der Waals surface area contributed by atoms with Gasteiger partial charge in [-0.1, -0.05) is 35.9 Å². The highest BCUT2D eigenvalue weighted by Crippen LogP contribution is 2.28. The van der Waals surface area contributed by atoms with Gasteiger partial charge in [-0.3, -0.25) is 14.5 Å². The van der Waals surface area contributed by atoms with E-state index in [1.165, 1.54) is 11.1 Å². The summed E-state index contributed by atoms with van der Waals surface area (Å²) in [6.07, 6.45) is 2.73.